The van der Waals surface area contributed by atoms with Gasteiger partial charge in [-0.2, -0.15) is 5.10 Å². The lowest BCUT2D eigenvalue weighted by Crippen LogP contribution is -2.56. The van der Waals surface area contributed by atoms with Crippen molar-refractivity contribution in [1.82, 2.24) is 15.1 Å². The minimum atomic E-state index is -2.87. The highest BCUT2D eigenvalue weighted by Crippen LogP contribution is 2.35. The fourth-order valence-electron chi connectivity index (χ4n) is 3.82. The Labute approximate surface area is 164 Å². The van der Waals surface area contributed by atoms with Crippen molar-refractivity contribution in [2.45, 2.75) is 83.3 Å². The number of hydrogen-bond donors (Lipinski definition) is 1. The van der Waals surface area contributed by atoms with E-state index in [1.807, 2.05) is 0 Å². The van der Waals surface area contributed by atoms with Crippen molar-refractivity contribution >= 4 is 17.5 Å². The van der Waals surface area contributed by atoms with E-state index in [1.165, 1.54) is 7.05 Å². The minimum Gasteiger partial charge on any atom is -0.376 e. The fourth-order valence-corrected chi connectivity index (χ4v) is 4.05. The number of carbonyl (C=O) groups is 1. The molecule has 2 rings (SSSR count). The Kier molecular flexibility index (Phi) is 8.04. The molecule has 1 aromatic heterocycles. The number of rotatable bonds is 10. The molecule has 1 fully saturated rings. The standard InChI is InChI=1S/C19H30ClF2N3O2/c1-4-6-10-19(11-7-5-2,13-9-8-12-27-13)23-18(26)14-15(17(21)22)24-25(3)16(14)20/h13,17H,4-12H2,1-3H3,(H,23,26). The lowest BCUT2D eigenvalue weighted by Gasteiger charge is -2.40. The first-order chi connectivity index (χ1) is 12.9. The summed E-state index contributed by atoms with van der Waals surface area (Å²) in [5, 5.41) is 6.72. The summed E-state index contributed by atoms with van der Waals surface area (Å²) in [5.74, 6) is -0.592. The zero-order chi connectivity index (χ0) is 20.0. The average Bonchev–Trinajstić information content (AvgIpc) is 3.27. The summed E-state index contributed by atoms with van der Waals surface area (Å²) in [4.78, 5) is 13.1. The molecule has 1 aliphatic rings. The molecule has 154 valence electrons. The van der Waals surface area contributed by atoms with Gasteiger partial charge in [-0.1, -0.05) is 51.1 Å². The summed E-state index contributed by atoms with van der Waals surface area (Å²) < 4.78 is 33.8. The maximum atomic E-state index is 13.4. The van der Waals surface area contributed by atoms with Crippen LogP contribution in [0.3, 0.4) is 0 Å². The van der Waals surface area contributed by atoms with Crippen molar-refractivity contribution in [3.05, 3.63) is 16.4 Å². The molecule has 1 aromatic rings. The SMILES string of the molecule is CCCCC(CCCC)(NC(=O)c1c(C(F)F)nn(C)c1Cl)C1CCCO1. The molecule has 1 N–H and O–H groups in total. The second-order valence-corrected chi connectivity index (χ2v) is 7.65. The Balaban J connectivity index is 2.37. The number of aryl methyl sites for hydroxylation is 1. The molecule has 0 saturated carbocycles. The molecule has 1 saturated heterocycles. The third kappa shape index (κ3) is 4.99. The van der Waals surface area contributed by atoms with E-state index in [2.05, 4.69) is 24.3 Å². The lowest BCUT2D eigenvalue weighted by atomic mass is 9.80. The summed E-state index contributed by atoms with van der Waals surface area (Å²) in [6, 6.07) is 0. The average molecular weight is 406 g/mol. The van der Waals surface area contributed by atoms with Crippen LogP contribution < -0.4 is 5.32 Å². The topological polar surface area (TPSA) is 56.2 Å². The summed E-state index contributed by atoms with van der Waals surface area (Å²) in [5.41, 5.74) is -1.38. The second-order valence-electron chi connectivity index (χ2n) is 7.29. The van der Waals surface area contributed by atoms with Crippen LogP contribution in [0.25, 0.3) is 0 Å². The number of ether oxygens (including phenoxy) is 1. The van der Waals surface area contributed by atoms with Gasteiger partial charge in [0.05, 0.1) is 11.6 Å². The number of unbranched alkanes of at least 4 members (excludes halogenated alkanes) is 2. The molecule has 8 heteroatoms. The van der Waals surface area contributed by atoms with Crippen molar-refractivity contribution < 1.29 is 18.3 Å². The molecular formula is C19H30ClF2N3O2. The van der Waals surface area contributed by atoms with E-state index < -0.39 is 23.6 Å². The Hall–Kier alpha value is -1.21. The van der Waals surface area contributed by atoms with Crippen molar-refractivity contribution in [2.24, 2.45) is 7.05 Å². The molecular weight excluding hydrogens is 376 g/mol. The minimum absolute atomic E-state index is 0.0741. The third-order valence-electron chi connectivity index (χ3n) is 5.30. The normalized spacial score (nSPS) is 17.7. The van der Waals surface area contributed by atoms with Gasteiger partial charge in [0.1, 0.15) is 16.4 Å². The lowest BCUT2D eigenvalue weighted by molar-refractivity contribution is 0.0156. The van der Waals surface area contributed by atoms with Crippen LogP contribution in [0.2, 0.25) is 5.15 Å². The van der Waals surface area contributed by atoms with Crippen LogP contribution in [0.4, 0.5) is 8.78 Å². The first-order valence-electron chi connectivity index (χ1n) is 9.81. The van der Waals surface area contributed by atoms with Crippen LogP contribution in [-0.4, -0.2) is 33.9 Å². The number of aromatic nitrogens is 2. The van der Waals surface area contributed by atoms with Crippen LogP contribution in [0.1, 0.15) is 87.7 Å². The van der Waals surface area contributed by atoms with E-state index in [0.717, 1.165) is 56.0 Å². The summed E-state index contributed by atoms with van der Waals surface area (Å²) in [6.07, 6.45) is 4.13. The number of hydrogen-bond acceptors (Lipinski definition) is 3. The number of nitrogens with zero attached hydrogens (tertiary/aromatic N) is 2. The molecule has 1 aliphatic heterocycles. The smallest absolute Gasteiger partial charge is 0.283 e. The molecule has 0 spiro atoms. The van der Waals surface area contributed by atoms with Gasteiger partial charge in [0, 0.05) is 13.7 Å². The predicted octanol–water partition coefficient (Wildman–Crippen LogP) is 5.04. The summed E-state index contributed by atoms with van der Waals surface area (Å²) >= 11 is 6.13. The van der Waals surface area contributed by atoms with Gasteiger partial charge in [-0.05, 0) is 25.7 Å². The van der Waals surface area contributed by atoms with Crippen molar-refractivity contribution in [2.75, 3.05) is 6.61 Å². The van der Waals surface area contributed by atoms with Crippen LogP contribution >= 0.6 is 11.6 Å². The number of alkyl halides is 2. The van der Waals surface area contributed by atoms with E-state index in [-0.39, 0.29) is 16.8 Å². The number of amides is 1. The second kappa shape index (κ2) is 9.82. The molecule has 1 unspecified atom stereocenters. The van der Waals surface area contributed by atoms with E-state index in [4.69, 9.17) is 16.3 Å². The molecule has 5 nitrogen and oxygen atoms in total. The van der Waals surface area contributed by atoms with E-state index in [9.17, 15) is 13.6 Å². The molecule has 27 heavy (non-hydrogen) atoms. The highest BCUT2D eigenvalue weighted by molar-refractivity contribution is 6.33. The third-order valence-corrected chi connectivity index (χ3v) is 5.73. The maximum absolute atomic E-state index is 13.4. The molecule has 0 bridgehead atoms. The van der Waals surface area contributed by atoms with E-state index in [1.54, 1.807) is 0 Å². The largest absolute Gasteiger partial charge is 0.376 e. The van der Waals surface area contributed by atoms with Crippen LogP contribution in [0, 0.1) is 0 Å². The van der Waals surface area contributed by atoms with Crippen LogP contribution in [0.15, 0.2) is 0 Å². The molecule has 1 atom stereocenters. The fraction of sp³-hybridized carbons (Fsp3) is 0.789. The Bertz CT molecular complexity index is 623. The number of carbonyl (C=O) groups excluding carboxylic acids is 1. The van der Waals surface area contributed by atoms with Gasteiger partial charge < -0.3 is 10.1 Å². The highest BCUT2D eigenvalue weighted by atomic mass is 35.5. The first-order valence-corrected chi connectivity index (χ1v) is 10.2. The van der Waals surface area contributed by atoms with Gasteiger partial charge >= 0.3 is 0 Å². The monoisotopic (exact) mass is 405 g/mol. The highest BCUT2D eigenvalue weighted by Gasteiger charge is 2.43. The maximum Gasteiger partial charge on any atom is 0.283 e. The van der Waals surface area contributed by atoms with E-state index >= 15 is 0 Å². The molecule has 1 amide bonds. The van der Waals surface area contributed by atoms with Gasteiger partial charge in [0.2, 0.25) is 0 Å². The summed E-state index contributed by atoms with van der Waals surface area (Å²) in [6.45, 7) is 4.85. The van der Waals surface area contributed by atoms with E-state index in [0.29, 0.717) is 6.61 Å². The summed E-state index contributed by atoms with van der Waals surface area (Å²) in [7, 11) is 1.45. The van der Waals surface area contributed by atoms with Crippen LogP contribution in [-0.2, 0) is 11.8 Å². The van der Waals surface area contributed by atoms with Crippen LogP contribution in [0.5, 0.6) is 0 Å². The Morgan fingerprint density at radius 3 is 2.48 bits per heavy atom. The van der Waals surface area contributed by atoms with Crippen molar-refractivity contribution in [3.8, 4) is 0 Å². The zero-order valence-corrected chi connectivity index (χ0v) is 17.1. The molecule has 0 radical (unpaired) electrons. The molecule has 0 aromatic carbocycles. The number of halogens is 3. The Morgan fingerprint density at radius 1 is 1.37 bits per heavy atom. The van der Waals surface area contributed by atoms with Gasteiger partial charge in [0.25, 0.3) is 12.3 Å². The van der Waals surface area contributed by atoms with Gasteiger partial charge in [-0.3, -0.25) is 9.48 Å². The van der Waals surface area contributed by atoms with Gasteiger partial charge in [0.15, 0.2) is 0 Å². The van der Waals surface area contributed by atoms with Gasteiger partial charge in [-0.25, -0.2) is 8.78 Å². The first kappa shape index (κ1) is 22.1. The zero-order valence-electron chi connectivity index (χ0n) is 16.4. The Morgan fingerprint density at radius 2 is 2.00 bits per heavy atom. The predicted molar refractivity (Wildman–Crippen MR) is 101 cm³/mol. The van der Waals surface area contributed by atoms with Crippen molar-refractivity contribution in [3.63, 3.8) is 0 Å². The number of nitrogens with one attached hydrogen (secondary N) is 1. The molecule has 2 heterocycles. The van der Waals surface area contributed by atoms with Crippen molar-refractivity contribution in [1.29, 1.82) is 0 Å². The van der Waals surface area contributed by atoms with Gasteiger partial charge in [-0.15, -0.1) is 0 Å². The molecule has 0 aliphatic carbocycles. The quantitative estimate of drug-likeness (QED) is 0.593.